The molecule has 0 radical (unpaired) electrons. The first kappa shape index (κ1) is 25.6. The average Bonchev–Trinajstić information content (AvgIpc) is 3.27. The van der Waals surface area contributed by atoms with Crippen LogP contribution < -0.4 is 0 Å². The highest BCUT2D eigenvalue weighted by atomic mass is 35.5. The van der Waals surface area contributed by atoms with E-state index in [2.05, 4.69) is 4.98 Å². The Morgan fingerprint density at radius 1 is 1.00 bits per heavy atom. The van der Waals surface area contributed by atoms with E-state index in [4.69, 9.17) is 16.7 Å². The van der Waals surface area contributed by atoms with E-state index < -0.39 is 11.9 Å². The first-order valence-electron chi connectivity index (χ1n) is 11.7. The quantitative estimate of drug-likeness (QED) is 0.162. The topological polar surface area (TPSA) is 47.8 Å². The summed E-state index contributed by atoms with van der Waals surface area (Å²) < 4.78 is 53.7. The number of hydrogen-bond donors (Lipinski definition) is 0. The van der Waals surface area contributed by atoms with Crippen LogP contribution in [0, 0.1) is 5.82 Å². The number of carbonyl (C=O) groups excluding carboxylic acids is 1. The van der Waals surface area contributed by atoms with Crippen molar-refractivity contribution >= 4 is 28.3 Å². The van der Waals surface area contributed by atoms with Crippen LogP contribution >= 0.6 is 11.6 Å². The summed E-state index contributed by atoms with van der Waals surface area (Å²) in [4.78, 5) is 16.7. The maximum absolute atomic E-state index is 13.6. The van der Waals surface area contributed by atoms with Gasteiger partial charge in [-0.25, -0.2) is 9.07 Å². The third-order valence-electron chi connectivity index (χ3n) is 6.34. The van der Waals surface area contributed by atoms with Gasteiger partial charge in [0, 0.05) is 29.1 Å². The summed E-state index contributed by atoms with van der Waals surface area (Å²) in [6, 6.07) is 20.6. The van der Waals surface area contributed by atoms with E-state index in [1.165, 1.54) is 18.2 Å². The average molecular weight is 538 g/mol. The molecule has 0 fully saturated rings. The molecule has 0 saturated carbocycles. The van der Waals surface area contributed by atoms with Gasteiger partial charge in [0.2, 0.25) is 0 Å². The number of fused-ring (bicyclic) bond motifs is 1. The molecular formula is C29H20ClF4N3O. The summed E-state index contributed by atoms with van der Waals surface area (Å²) in [5, 5.41) is 6.02. The van der Waals surface area contributed by atoms with Crippen molar-refractivity contribution in [2.45, 2.75) is 25.4 Å². The number of alkyl halides is 3. The van der Waals surface area contributed by atoms with Gasteiger partial charge in [-0.15, -0.1) is 0 Å². The van der Waals surface area contributed by atoms with Crippen LogP contribution in [0.4, 0.5) is 17.6 Å². The van der Waals surface area contributed by atoms with Gasteiger partial charge in [-0.2, -0.15) is 18.3 Å². The highest BCUT2D eigenvalue weighted by Crippen LogP contribution is 2.35. The molecule has 0 aliphatic rings. The number of halogens is 5. The fourth-order valence-electron chi connectivity index (χ4n) is 4.30. The smallest absolute Gasteiger partial charge is 0.294 e. The van der Waals surface area contributed by atoms with Crippen LogP contribution in [-0.4, -0.2) is 20.5 Å². The number of Topliss-reactive ketones (excluding diaryl/α,β-unsaturated/α-hetero) is 1. The summed E-state index contributed by atoms with van der Waals surface area (Å²) in [6.07, 6.45) is -3.30. The molecule has 2 aromatic heterocycles. The van der Waals surface area contributed by atoms with Crippen LogP contribution in [0.25, 0.3) is 27.8 Å². The second-order valence-electron chi connectivity index (χ2n) is 8.95. The zero-order chi connectivity index (χ0) is 27.0. The van der Waals surface area contributed by atoms with Gasteiger partial charge in [0.05, 0.1) is 16.2 Å². The lowest BCUT2D eigenvalue weighted by Crippen LogP contribution is -2.09. The minimum Gasteiger partial charge on any atom is -0.294 e. The predicted molar refractivity (Wildman–Crippen MR) is 138 cm³/mol. The molecule has 0 spiro atoms. The highest BCUT2D eigenvalue weighted by Gasteiger charge is 2.32. The van der Waals surface area contributed by atoms with E-state index in [-0.39, 0.29) is 23.9 Å². The third-order valence-corrected chi connectivity index (χ3v) is 6.67. The molecule has 0 aliphatic carbocycles. The van der Waals surface area contributed by atoms with Gasteiger partial charge in [-0.05, 0) is 60.0 Å². The maximum atomic E-state index is 13.6. The van der Waals surface area contributed by atoms with Crippen LogP contribution in [0.1, 0.15) is 40.9 Å². The second kappa shape index (κ2) is 10.0. The Labute approximate surface area is 220 Å². The Morgan fingerprint density at radius 3 is 2.39 bits per heavy atom. The monoisotopic (exact) mass is 537 g/mol. The predicted octanol–water partition coefficient (Wildman–Crippen LogP) is 8.28. The molecule has 0 unspecified atom stereocenters. The molecule has 192 valence electrons. The first-order valence-corrected chi connectivity index (χ1v) is 12.1. The summed E-state index contributed by atoms with van der Waals surface area (Å²) in [7, 11) is 0. The minimum atomic E-state index is -4.52. The fraction of sp³-hybridized carbons (Fsp3) is 0.138. The van der Waals surface area contributed by atoms with E-state index in [1.54, 1.807) is 48.0 Å². The molecule has 38 heavy (non-hydrogen) atoms. The molecule has 0 bridgehead atoms. The lowest BCUT2D eigenvalue weighted by atomic mass is 9.93. The van der Waals surface area contributed by atoms with Crippen molar-refractivity contribution in [1.82, 2.24) is 14.8 Å². The van der Waals surface area contributed by atoms with E-state index in [1.807, 2.05) is 18.2 Å². The van der Waals surface area contributed by atoms with Gasteiger partial charge in [0.15, 0.2) is 5.78 Å². The van der Waals surface area contributed by atoms with Crippen LogP contribution in [0.5, 0.6) is 0 Å². The number of nitrogens with zero attached hydrogens (tertiary/aromatic N) is 3. The SMILES string of the molecule is C[C@H](CC(=O)c1ccc2c(-c3ccccc3Cl)nn(-c3ccc(F)cc3)c2c1)c1ccc(C(F)(F)F)nc1. The highest BCUT2D eigenvalue weighted by molar-refractivity contribution is 6.33. The van der Waals surface area contributed by atoms with Crippen molar-refractivity contribution in [2.24, 2.45) is 0 Å². The van der Waals surface area contributed by atoms with Gasteiger partial charge >= 0.3 is 6.18 Å². The van der Waals surface area contributed by atoms with Gasteiger partial charge in [0.25, 0.3) is 0 Å². The largest absolute Gasteiger partial charge is 0.433 e. The van der Waals surface area contributed by atoms with Gasteiger partial charge in [-0.1, -0.05) is 48.9 Å². The Hall–Kier alpha value is -4.04. The van der Waals surface area contributed by atoms with Crippen molar-refractivity contribution in [3.63, 3.8) is 0 Å². The molecular weight excluding hydrogens is 518 g/mol. The Morgan fingerprint density at radius 2 is 1.74 bits per heavy atom. The maximum Gasteiger partial charge on any atom is 0.433 e. The molecule has 0 aliphatic heterocycles. The molecule has 5 rings (SSSR count). The standard InChI is InChI=1S/C29H20ClF4N3O/c1-17(19-7-13-27(35-16-19)29(32,33)34)14-26(38)18-6-12-23-25(15-18)37(21-10-8-20(31)9-11-21)36-28(23)22-4-2-3-5-24(22)30/h2-13,15-17H,14H2,1H3/t17-/m1/s1. The number of hydrogen-bond acceptors (Lipinski definition) is 3. The number of rotatable bonds is 6. The summed E-state index contributed by atoms with van der Waals surface area (Å²) in [5.74, 6) is -0.932. The van der Waals surface area contributed by atoms with Gasteiger partial charge < -0.3 is 0 Å². The molecule has 4 nitrogen and oxygen atoms in total. The third kappa shape index (κ3) is 5.04. The Bertz CT molecular complexity index is 1630. The fourth-order valence-corrected chi connectivity index (χ4v) is 4.52. The van der Waals surface area contributed by atoms with E-state index >= 15 is 0 Å². The Balaban J connectivity index is 1.51. The van der Waals surface area contributed by atoms with Crippen molar-refractivity contribution in [2.75, 3.05) is 0 Å². The van der Waals surface area contributed by atoms with Crippen LogP contribution in [0.15, 0.2) is 85.1 Å². The number of aromatic nitrogens is 3. The normalized spacial score (nSPS) is 12.6. The molecule has 9 heteroatoms. The summed E-state index contributed by atoms with van der Waals surface area (Å²) >= 11 is 6.45. The van der Waals surface area contributed by atoms with E-state index in [9.17, 15) is 22.4 Å². The van der Waals surface area contributed by atoms with Crippen molar-refractivity contribution in [1.29, 1.82) is 0 Å². The van der Waals surface area contributed by atoms with E-state index in [0.717, 1.165) is 17.6 Å². The number of pyridine rings is 1. The second-order valence-corrected chi connectivity index (χ2v) is 9.36. The lowest BCUT2D eigenvalue weighted by Gasteiger charge is -2.12. The minimum absolute atomic E-state index is 0.0700. The van der Waals surface area contributed by atoms with Crippen LogP contribution in [0.2, 0.25) is 5.02 Å². The zero-order valence-electron chi connectivity index (χ0n) is 20.0. The van der Waals surface area contributed by atoms with Crippen molar-refractivity contribution in [3.05, 3.63) is 113 Å². The lowest BCUT2D eigenvalue weighted by molar-refractivity contribution is -0.141. The van der Waals surface area contributed by atoms with Gasteiger partial charge in [-0.3, -0.25) is 9.78 Å². The van der Waals surface area contributed by atoms with Crippen LogP contribution in [0.3, 0.4) is 0 Å². The first-order chi connectivity index (χ1) is 18.1. The number of benzene rings is 3. The van der Waals surface area contributed by atoms with Crippen LogP contribution in [-0.2, 0) is 6.18 Å². The van der Waals surface area contributed by atoms with E-state index in [0.29, 0.717) is 38.6 Å². The molecule has 0 N–H and O–H groups in total. The van der Waals surface area contributed by atoms with Crippen molar-refractivity contribution < 1.29 is 22.4 Å². The molecule has 3 aromatic carbocycles. The molecule has 0 saturated heterocycles. The molecule has 2 heterocycles. The summed E-state index contributed by atoms with van der Waals surface area (Å²) in [5.41, 5.74) is 2.52. The van der Waals surface area contributed by atoms with Crippen molar-refractivity contribution in [3.8, 4) is 16.9 Å². The number of ketones is 1. The molecule has 1 atom stereocenters. The zero-order valence-corrected chi connectivity index (χ0v) is 20.8. The number of carbonyl (C=O) groups is 1. The summed E-state index contributed by atoms with van der Waals surface area (Å²) in [6.45, 7) is 1.76. The molecule has 0 amide bonds. The molecule has 5 aromatic rings. The Kier molecular flexibility index (Phi) is 6.75. The van der Waals surface area contributed by atoms with Gasteiger partial charge in [0.1, 0.15) is 17.2 Å².